The number of carboxylic acids is 1. The summed E-state index contributed by atoms with van der Waals surface area (Å²) >= 11 is 0. The molecule has 1 aromatic heterocycles. The number of hydrogen-bond donors (Lipinski definition) is 5. The summed E-state index contributed by atoms with van der Waals surface area (Å²) in [5.74, 6) is -4.06. The monoisotopic (exact) mass is 558 g/mol. The minimum Gasteiger partial charge on any atom is -0.481 e. The molecule has 0 radical (unpaired) electrons. The number of aliphatic carboxylic acids is 1. The Labute approximate surface area is 232 Å². The molecule has 0 spiro atoms. The van der Waals surface area contributed by atoms with Crippen molar-refractivity contribution in [3.8, 4) is 0 Å². The largest absolute Gasteiger partial charge is 0.481 e. The van der Waals surface area contributed by atoms with Gasteiger partial charge < -0.3 is 30.8 Å². The summed E-state index contributed by atoms with van der Waals surface area (Å²) in [5.41, 5.74) is 0.917. The van der Waals surface area contributed by atoms with E-state index in [9.17, 15) is 28.8 Å². The van der Waals surface area contributed by atoms with E-state index in [0.29, 0.717) is 17.7 Å². The second kappa shape index (κ2) is 14.2. The SMILES string of the molecule is CC[C@H](C)[C@H](NC(=O)[C@@H](NC(=O)CCC(=O)O)C(C)C)C(=O)N[C@@H](C)C(=O)Nc1ccc2c(C)cc(=O)oc2c1. The third-order valence-electron chi connectivity index (χ3n) is 6.60. The summed E-state index contributed by atoms with van der Waals surface area (Å²) in [4.78, 5) is 73.7. The van der Waals surface area contributed by atoms with Crippen LogP contribution in [0.25, 0.3) is 11.0 Å². The van der Waals surface area contributed by atoms with Gasteiger partial charge in [0.1, 0.15) is 23.7 Å². The van der Waals surface area contributed by atoms with E-state index in [4.69, 9.17) is 9.52 Å². The first-order valence-electron chi connectivity index (χ1n) is 13.2. The Hall–Kier alpha value is -4.22. The summed E-state index contributed by atoms with van der Waals surface area (Å²) < 4.78 is 5.21. The topological polar surface area (TPSA) is 184 Å². The molecule has 0 fully saturated rings. The van der Waals surface area contributed by atoms with Gasteiger partial charge in [-0.15, -0.1) is 0 Å². The predicted molar refractivity (Wildman–Crippen MR) is 148 cm³/mol. The van der Waals surface area contributed by atoms with E-state index < -0.39 is 53.3 Å². The number of carboxylic acid groups (broad SMARTS) is 1. The number of amides is 4. The van der Waals surface area contributed by atoms with Crippen molar-refractivity contribution in [1.29, 1.82) is 0 Å². The minimum absolute atomic E-state index is 0.281. The second-order valence-corrected chi connectivity index (χ2v) is 10.2. The van der Waals surface area contributed by atoms with Gasteiger partial charge in [-0.3, -0.25) is 24.0 Å². The zero-order valence-electron chi connectivity index (χ0n) is 23.6. The lowest BCUT2D eigenvalue weighted by molar-refractivity contribution is -0.139. The average Bonchev–Trinajstić information content (AvgIpc) is 2.87. The zero-order chi connectivity index (χ0) is 30.1. The third-order valence-corrected chi connectivity index (χ3v) is 6.60. The molecule has 0 aliphatic rings. The summed E-state index contributed by atoms with van der Waals surface area (Å²) in [6.45, 7) is 10.3. The van der Waals surface area contributed by atoms with E-state index in [0.717, 1.165) is 10.9 Å². The quantitative estimate of drug-likeness (QED) is 0.231. The summed E-state index contributed by atoms with van der Waals surface area (Å²) in [6, 6.07) is 3.30. The van der Waals surface area contributed by atoms with Gasteiger partial charge >= 0.3 is 11.6 Å². The number of hydrogen-bond acceptors (Lipinski definition) is 7. The van der Waals surface area contributed by atoms with E-state index in [1.165, 1.54) is 19.1 Å². The van der Waals surface area contributed by atoms with E-state index in [2.05, 4.69) is 21.3 Å². The molecule has 0 aliphatic heterocycles. The lowest BCUT2D eigenvalue weighted by Crippen LogP contribution is -2.58. The van der Waals surface area contributed by atoms with Crippen molar-refractivity contribution in [3.05, 3.63) is 40.2 Å². The number of carbonyl (C=O) groups is 5. The average molecular weight is 559 g/mol. The van der Waals surface area contributed by atoms with Crippen LogP contribution in [0.3, 0.4) is 0 Å². The van der Waals surface area contributed by atoms with Crippen LogP contribution in [0, 0.1) is 18.8 Å². The first-order valence-corrected chi connectivity index (χ1v) is 13.2. The van der Waals surface area contributed by atoms with Gasteiger partial charge in [0, 0.05) is 29.6 Å². The molecule has 0 saturated heterocycles. The molecular formula is C28H38N4O8. The molecule has 0 aliphatic carbocycles. The van der Waals surface area contributed by atoms with Gasteiger partial charge in [-0.2, -0.15) is 0 Å². The van der Waals surface area contributed by atoms with Crippen LogP contribution in [-0.4, -0.2) is 52.8 Å². The molecule has 40 heavy (non-hydrogen) atoms. The van der Waals surface area contributed by atoms with E-state index in [1.807, 2.05) is 6.92 Å². The second-order valence-electron chi connectivity index (χ2n) is 10.2. The molecule has 2 aromatic rings. The number of benzene rings is 1. The highest BCUT2D eigenvalue weighted by molar-refractivity contribution is 5.99. The van der Waals surface area contributed by atoms with Crippen LogP contribution in [0.5, 0.6) is 0 Å². The first kappa shape index (κ1) is 32.0. The first-order chi connectivity index (χ1) is 18.7. The van der Waals surface area contributed by atoms with Gasteiger partial charge in [0.05, 0.1) is 6.42 Å². The van der Waals surface area contributed by atoms with Crippen LogP contribution >= 0.6 is 0 Å². The normalized spacial score (nSPS) is 14.1. The van der Waals surface area contributed by atoms with Crippen LogP contribution < -0.4 is 26.9 Å². The van der Waals surface area contributed by atoms with Crippen molar-refractivity contribution in [1.82, 2.24) is 16.0 Å². The van der Waals surface area contributed by atoms with Crippen LogP contribution in [-0.2, 0) is 24.0 Å². The number of aryl methyl sites for hydroxylation is 1. The third kappa shape index (κ3) is 8.92. The Balaban J connectivity index is 2.09. The van der Waals surface area contributed by atoms with Crippen molar-refractivity contribution >= 4 is 46.3 Å². The molecule has 218 valence electrons. The summed E-state index contributed by atoms with van der Waals surface area (Å²) in [6.07, 6.45) is -0.113. The van der Waals surface area contributed by atoms with Crippen LogP contribution in [0.15, 0.2) is 33.5 Å². The number of anilines is 1. The maximum absolute atomic E-state index is 13.2. The van der Waals surface area contributed by atoms with Crippen LogP contribution in [0.1, 0.15) is 59.4 Å². The highest BCUT2D eigenvalue weighted by atomic mass is 16.4. The summed E-state index contributed by atoms with van der Waals surface area (Å²) in [5, 5.41) is 20.1. The lowest BCUT2D eigenvalue weighted by Gasteiger charge is -2.28. The number of rotatable bonds is 13. The maximum Gasteiger partial charge on any atom is 0.336 e. The maximum atomic E-state index is 13.2. The standard InChI is InChI=1S/C28H38N4O8/c1-7-15(4)25(32-27(38)24(14(2)3)31-21(33)10-11-22(34)35)28(39)29-17(6)26(37)30-18-8-9-19-16(5)12-23(36)40-20(19)13-18/h8-9,12-15,17,24-25H,7,10-11H2,1-6H3,(H,29,39)(H,30,37)(H,31,33)(H,32,38)(H,34,35)/t15-,17-,24-,25-/m0/s1. The molecule has 0 unspecified atom stereocenters. The zero-order valence-corrected chi connectivity index (χ0v) is 23.6. The number of nitrogens with one attached hydrogen (secondary N) is 4. The van der Waals surface area contributed by atoms with E-state index in [1.54, 1.807) is 39.8 Å². The highest BCUT2D eigenvalue weighted by Gasteiger charge is 2.32. The Morgan fingerprint density at radius 3 is 2.12 bits per heavy atom. The summed E-state index contributed by atoms with van der Waals surface area (Å²) in [7, 11) is 0. The molecule has 4 atom stereocenters. The van der Waals surface area contributed by atoms with Crippen molar-refractivity contribution < 1.29 is 33.5 Å². The Morgan fingerprint density at radius 1 is 0.875 bits per heavy atom. The molecule has 5 N–H and O–H groups in total. The predicted octanol–water partition coefficient (Wildman–Crippen LogP) is 2.08. The molecule has 12 heteroatoms. The molecule has 2 rings (SSSR count). The minimum atomic E-state index is -1.13. The van der Waals surface area contributed by atoms with Gasteiger partial charge in [-0.25, -0.2) is 4.79 Å². The van der Waals surface area contributed by atoms with Gasteiger partial charge in [0.25, 0.3) is 0 Å². The lowest BCUT2D eigenvalue weighted by atomic mass is 9.96. The molecule has 12 nitrogen and oxygen atoms in total. The highest BCUT2D eigenvalue weighted by Crippen LogP contribution is 2.21. The number of carbonyl (C=O) groups excluding carboxylic acids is 4. The van der Waals surface area contributed by atoms with Crippen LogP contribution in [0.4, 0.5) is 5.69 Å². The number of fused-ring (bicyclic) bond motifs is 1. The molecule has 4 amide bonds. The Morgan fingerprint density at radius 2 is 1.52 bits per heavy atom. The van der Waals surface area contributed by atoms with Crippen molar-refractivity contribution in [2.75, 3.05) is 5.32 Å². The molecular weight excluding hydrogens is 520 g/mol. The Kier molecular flexibility index (Phi) is 11.4. The molecule has 1 heterocycles. The molecule has 0 saturated carbocycles. The van der Waals surface area contributed by atoms with Crippen molar-refractivity contribution in [3.63, 3.8) is 0 Å². The van der Waals surface area contributed by atoms with Gasteiger partial charge in [-0.1, -0.05) is 34.1 Å². The molecule has 0 bridgehead atoms. The fraction of sp³-hybridized carbons (Fsp3) is 0.500. The van der Waals surface area contributed by atoms with Gasteiger partial charge in [0.2, 0.25) is 23.6 Å². The Bertz CT molecular complexity index is 1320. The van der Waals surface area contributed by atoms with Gasteiger partial charge in [0.15, 0.2) is 0 Å². The van der Waals surface area contributed by atoms with E-state index in [-0.39, 0.29) is 24.7 Å². The van der Waals surface area contributed by atoms with Crippen LogP contribution in [0.2, 0.25) is 0 Å². The van der Waals surface area contributed by atoms with E-state index >= 15 is 0 Å². The van der Waals surface area contributed by atoms with Crippen molar-refractivity contribution in [2.24, 2.45) is 11.8 Å². The van der Waals surface area contributed by atoms with Crippen molar-refractivity contribution in [2.45, 2.75) is 78.9 Å². The smallest absolute Gasteiger partial charge is 0.336 e. The van der Waals surface area contributed by atoms with Gasteiger partial charge in [-0.05, 0) is 43.4 Å². The molecule has 1 aromatic carbocycles. The fourth-order valence-corrected chi connectivity index (χ4v) is 3.97. The fourth-order valence-electron chi connectivity index (χ4n) is 3.97.